The highest BCUT2D eigenvalue weighted by molar-refractivity contribution is 8.00. The minimum Gasteiger partial charge on any atom is -0.496 e. The Kier molecular flexibility index (Phi) is 7.03. The van der Waals surface area contributed by atoms with Crippen LogP contribution < -0.4 is 15.6 Å². The van der Waals surface area contributed by atoms with Crippen molar-refractivity contribution in [2.45, 2.75) is 37.7 Å². The molecule has 0 saturated carbocycles. The number of aryl methyl sites for hydroxylation is 2. The van der Waals surface area contributed by atoms with E-state index < -0.39 is 5.25 Å². The zero-order valence-electron chi connectivity index (χ0n) is 19.7. The molecule has 0 aliphatic heterocycles. The van der Waals surface area contributed by atoms with E-state index in [0.717, 1.165) is 28.1 Å². The lowest BCUT2D eigenvalue weighted by atomic mass is 10.1. The first kappa shape index (κ1) is 23.6. The normalized spacial score (nSPS) is 11.9. The molecule has 4 aromatic rings. The number of methoxy groups -OCH3 is 1. The Labute approximate surface area is 203 Å². The van der Waals surface area contributed by atoms with Gasteiger partial charge in [-0.15, -0.1) is 0 Å². The molecule has 0 spiro atoms. The van der Waals surface area contributed by atoms with E-state index in [1.165, 1.54) is 11.8 Å². The third-order valence-corrected chi connectivity index (χ3v) is 6.84. The summed E-state index contributed by atoms with van der Waals surface area (Å²) >= 11 is 1.27. The average molecular weight is 474 g/mol. The van der Waals surface area contributed by atoms with Crippen molar-refractivity contribution in [3.63, 3.8) is 0 Å². The first-order valence-corrected chi connectivity index (χ1v) is 11.9. The minimum absolute atomic E-state index is 0.148. The fourth-order valence-electron chi connectivity index (χ4n) is 3.67. The van der Waals surface area contributed by atoms with Crippen LogP contribution in [0.2, 0.25) is 0 Å². The SMILES string of the molecule is COc1ccccc1CNC(=O)C(C)Sc1nc2ccccc2c(=O)n1-c1ccc(C)c(C)c1. The predicted octanol–water partition coefficient (Wildman–Crippen LogP) is 4.81. The van der Waals surface area contributed by atoms with Gasteiger partial charge in [0.25, 0.3) is 5.56 Å². The van der Waals surface area contributed by atoms with Crippen molar-refractivity contribution in [3.8, 4) is 11.4 Å². The number of amides is 1. The van der Waals surface area contributed by atoms with Gasteiger partial charge in [0.2, 0.25) is 5.91 Å². The number of hydrogen-bond donors (Lipinski definition) is 1. The molecule has 1 N–H and O–H groups in total. The maximum absolute atomic E-state index is 13.5. The Bertz CT molecular complexity index is 1410. The van der Waals surface area contributed by atoms with Crippen molar-refractivity contribution in [2.24, 2.45) is 0 Å². The summed E-state index contributed by atoms with van der Waals surface area (Å²) in [7, 11) is 1.61. The second-order valence-electron chi connectivity index (χ2n) is 8.11. The summed E-state index contributed by atoms with van der Waals surface area (Å²) in [6.07, 6.45) is 0. The molecule has 0 bridgehead atoms. The lowest BCUT2D eigenvalue weighted by Gasteiger charge is -2.17. The van der Waals surface area contributed by atoms with E-state index in [9.17, 15) is 9.59 Å². The highest BCUT2D eigenvalue weighted by Crippen LogP contribution is 2.26. The van der Waals surface area contributed by atoms with Crippen LogP contribution in [0.4, 0.5) is 0 Å². The molecule has 1 unspecified atom stereocenters. The number of rotatable bonds is 7. The third kappa shape index (κ3) is 4.84. The molecule has 0 aliphatic rings. The van der Waals surface area contributed by atoms with E-state index in [-0.39, 0.29) is 11.5 Å². The van der Waals surface area contributed by atoms with E-state index in [2.05, 4.69) is 5.32 Å². The molecule has 6 nitrogen and oxygen atoms in total. The molecule has 7 heteroatoms. The van der Waals surface area contributed by atoms with E-state index in [0.29, 0.717) is 22.6 Å². The number of carbonyl (C=O) groups excluding carboxylic acids is 1. The fraction of sp³-hybridized carbons (Fsp3) is 0.222. The standard InChI is InChI=1S/C27H27N3O3S/c1-17-13-14-21(15-18(17)2)30-26(32)22-10-6-7-11-23(22)29-27(30)34-19(3)25(31)28-16-20-9-5-8-12-24(20)33-4/h5-15,19H,16H2,1-4H3,(H,28,31). The van der Waals surface area contributed by atoms with Gasteiger partial charge in [-0.1, -0.05) is 48.2 Å². The van der Waals surface area contributed by atoms with Gasteiger partial charge in [0.1, 0.15) is 5.75 Å². The number of carbonyl (C=O) groups is 1. The second kappa shape index (κ2) is 10.1. The number of hydrogen-bond acceptors (Lipinski definition) is 5. The summed E-state index contributed by atoms with van der Waals surface area (Å²) < 4.78 is 6.97. The lowest BCUT2D eigenvalue weighted by molar-refractivity contribution is -0.120. The van der Waals surface area contributed by atoms with Crippen LogP contribution in [0.5, 0.6) is 5.75 Å². The van der Waals surface area contributed by atoms with Crippen molar-refractivity contribution in [1.82, 2.24) is 14.9 Å². The Balaban J connectivity index is 1.65. The molecule has 0 saturated heterocycles. The fourth-order valence-corrected chi connectivity index (χ4v) is 4.62. The van der Waals surface area contributed by atoms with Crippen LogP contribution in [0.15, 0.2) is 76.7 Å². The Morgan fingerprint density at radius 2 is 1.79 bits per heavy atom. The highest BCUT2D eigenvalue weighted by atomic mass is 32.2. The van der Waals surface area contributed by atoms with Gasteiger partial charge >= 0.3 is 0 Å². The number of thioether (sulfide) groups is 1. The van der Waals surface area contributed by atoms with Crippen molar-refractivity contribution in [1.29, 1.82) is 0 Å². The molecule has 3 aromatic carbocycles. The van der Waals surface area contributed by atoms with Gasteiger partial charge in [0.15, 0.2) is 5.16 Å². The largest absolute Gasteiger partial charge is 0.496 e. The van der Waals surface area contributed by atoms with Crippen molar-refractivity contribution in [3.05, 3.63) is 93.8 Å². The molecule has 4 rings (SSSR count). The maximum Gasteiger partial charge on any atom is 0.266 e. The summed E-state index contributed by atoms with van der Waals surface area (Å²) in [5, 5.41) is 3.51. The minimum atomic E-state index is -0.472. The summed E-state index contributed by atoms with van der Waals surface area (Å²) in [4.78, 5) is 31.2. The molecule has 1 amide bonds. The Morgan fingerprint density at radius 1 is 1.06 bits per heavy atom. The van der Waals surface area contributed by atoms with E-state index in [1.54, 1.807) is 17.7 Å². The van der Waals surface area contributed by atoms with Gasteiger partial charge in [-0.3, -0.25) is 14.2 Å². The Morgan fingerprint density at radius 3 is 2.56 bits per heavy atom. The van der Waals surface area contributed by atoms with Crippen LogP contribution in [0, 0.1) is 13.8 Å². The van der Waals surface area contributed by atoms with Crippen LogP contribution in [-0.2, 0) is 11.3 Å². The summed E-state index contributed by atoms with van der Waals surface area (Å²) in [5.74, 6) is 0.577. The zero-order chi connectivity index (χ0) is 24.2. The van der Waals surface area contributed by atoms with Crippen LogP contribution in [0.25, 0.3) is 16.6 Å². The molecule has 1 aromatic heterocycles. The van der Waals surface area contributed by atoms with E-state index in [1.807, 2.05) is 81.4 Å². The van der Waals surface area contributed by atoms with Crippen molar-refractivity contribution in [2.75, 3.05) is 7.11 Å². The van der Waals surface area contributed by atoms with Gasteiger partial charge in [-0.25, -0.2) is 4.98 Å². The van der Waals surface area contributed by atoms with Crippen LogP contribution >= 0.6 is 11.8 Å². The number of benzene rings is 3. The number of nitrogens with one attached hydrogen (secondary N) is 1. The first-order valence-electron chi connectivity index (χ1n) is 11.0. The molecule has 0 radical (unpaired) electrons. The molecule has 0 fully saturated rings. The molecule has 34 heavy (non-hydrogen) atoms. The maximum atomic E-state index is 13.5. The molecule has 174 valence electrons. The number of para-hydroxylation sites is 2. The summed E-state index contributed by atoms with van der Waals surface area (Å²) in [6.45, 7) is 6.21. The quantitative estimate of drug-likeness (QED) is 0.308. The molecule has 1 atom stereocenters. The van der Waals surface area contributed by atoms with Crippen LogP contribution in [0.1, 0.15) is 23.6 Å². The topological polar surface area (TPSA) is 73.2 Å². The van der Waals surface area contributed by atoms with Gasteiger partial charge in [0, 0.05) is 12.1 Å². The number of ether oxygens (including phenoxy) is 1. The number of nitrogens with zero attached hydrogens (tertiary/aromatic N) is 2. The smallest absolute Gasteiger partial charge is 0.266 e. The van der Waals surface area contributed by atoms with Crippen molar-refractivity contribution < 1.29 is 9.53 Å². The predicted molar refractivity (Wildman–Crippen MR) is 137 cm³/mol. The monoisotopic (exact) mass is 473 g/mol. The molecular weight excluding hydrogens is 446 g/mol. The van der Waals surface area contributed by atoms with Crippen molar-refractivity contribution >= 4 is 28.6 Å². The van der Waals surface area contributed by atoms with E-state index in [4.69, 9.17) is 9.72 Å². The van der Waals surface area contributed by atoms with Gasteiger partial charge in [-0.05, 0) is 62.2 Å². The lowest BCUT2D eigenvalue weighted by Crippen LogP contribution is -2.31. The Hall–Kier alpha value is -3.58. The van der Waals surface area contributed by atoms with Crippen LogP contribution in [-0.4, -0.2) is 27.8 Å². The molecular formula is C27H27N3O3S. The molecule has 0 aliphatic carbocycles. The number of fused-ring (bicyclic) bond motifs is 1. The zero-order valence-corrected chi connectivity index (χ0v) is 20.5. The highest BCUT2D eigenvalue weighted by Gasteiger charge is 2.20. The van der Waals surface area contributed by atoms with Gasteiger partial charge in [0.05, 0.1) is 29.0 Å². The van der Waals surface area contributed by atoms with E-state index >= 15 is 0 Å². The van der Waals surface area contributed by atoms with Gasteiger partial charge < -0.3 is 10.1 Å². The number of aromatic nitrogens is 2. The van der Waals surface area contributed by atoms with Crippen LogP contribution in [0.3, 0.4) is 0 Å². The average Bonchev–Trinajstić information content (AvgIpc) is 2.84. The second-order valence-corrected chi connectivity index (χ2v) is 9.42. The summed E-state index contributed by atoms with van der Waals surface area (Å²) in [5.41, 5.74) is 4.30. The third-order valence-electron chi connectivity index (χ3n) is 5.79. The van der Waals surface area contributed by atoms with Gasteiger partial charge in [-0.2, -0.15) is 0 Å². The molecule has 1 heterocycles. The first-order chi connectivity index (χ1) is 16.4. The summed E-state index contributed by atoms with van der Waals surface area (Å²) in [6, 6.07) is 20.7.